The van der Waals surface area contributed by atoms with Gasteiger partial charge in [-0.05, 0) is 31.8 Å². The number of carboxylic acids is 1. The highest BCUT2D eigenvalue weighted by Crippen LogP contribution is 2.59. The largest absolute Gasteiger partial charge is 0.481 e. The fourth-order valence-electron chi connectivity index (χ4n) is 2.59. The van der Waals surface area contributed by atoms with Crippen molar-refractivity contribution in [1.29, 1.82) is 0 Å². The van der Waals surface area contributed by atoms with E-state index in [-0.39, 0.29) is 43.3 Å². The van der Waals surface area contributed by atoms with Crippen LogP contribution in [0.1, 0.15) is 25.7 Å². The first-order chi connectivity index (χ1) is 11.7. The van der Waals surface area contributed by atoms with Crippen molar-refractivity contribution in [2.24, 2.45) is 16.3 Å². The molecule has 10 heteroatoms. The van der Waals surface area contributed by atoms with Crippen molar-refractivity contribution in [3.8, 4) is 5.88 Å². The lowest BCUT2D eigenvalue weighted by atomic mass is 10.0. The van der Waals surface area contributed by atoms with Crippen LogP contribution in [0.2, 0.25) is 0 Å². The van der Waals surface area contributed by atoms with Crippen LogP contribution in [0.5, 0.6) is 5.88 Å². The van der Waals surface area contributed by atoms with Crippen molar-refractivity contribution in [1.82, 2.24) is 9.78 Å². The number of halogens is 4. The lowest BCUT2D eigenvalue weighted by Crippen LogP contribution is -2.26. The number of carboxylic acid groups (broad SMARTS) is 1. The van der Waals surface area contributed by atoms with Gasteiger partial charge in [0.2, 0.25) is 5.88 Å². The van der Waals surface area contributed by atoms with Crippen molar-refractivity contribution in [3.63, 3.8) is 0 Å². The maximum atomic E-state index is 12.8. The fourth-order valence-corrected chi connectivity index (χ4v) is 2.86. The zero-order valence-electron chi connectivity index (χ0n) is 13.0. The minimum atomic E-state index is -4.20. The molecule has 0 saturated heterocycles. The second-order valence-electron chi connectivity index (χ2n) is 6.10. The molecule has 1 unspecified atom stereocenters. The van der Waals surface area contributed by atoms with Crippen molar-refractivity contribution < 1.29 is 27.8 Å². The molecule has 1 fully saturated rings. The third-order valence-electron chi connectivity index (χ3n) is 4.43. The normalized spacial score (nSPS) is 22.2. The van der Waals surface area contributed by atoms with Crippen LogP contribution in [0, 0.1) is 11.3 Å². The number of nitrogens with zero attached hydrogens (tertiary/aromatic N) is 3. The van der Waals surface area contributed by atoms with Crippen LogP contribution in [0.4, 0.5) is 13.2 Å². The van der Waals surface area contributed by atoms with Crippen LogP contribution in [-0.4, -0.2) is 38.8 Å². The second-order valence-corrected chi connectivity index (χ2v) is 6.49. The number of aliphatic imine (C=N–C) groups is 1. The molecule has 6 nitrogen and oxygen atoms in total. The summed E-state index contributed by atoms with van der Waals surface area (Å²) >= 11 is 5.86. The van der Waals surface area contributed by atoms with E-state index in [9.17, 15) is 18.0 Å². The number of alkyl halides is 3. The van der Waals surface area contributed by atoms with Gasteiger partial charge in [0.05, 0.1) is 12.0 Å². The third kappa shape index (κ3) is 3.65. The number of allylic oxidation sites excluding steroid dienone is 1. The molecule has 0 bridgehead atoms. The molecule has 2 heterocycles. The predicted molar refractivity (Wildman–Crippen MR) is 83.4 cm³/mol. The number of aromatic nitrogens is 2. The van der Waals surface area contributed by atoms with E-state index in [0.29, 0.717) is 5.82 Å². The van der Waals surface area contributed by atoms with E-state index in [4.69, 9.17) is 21.4 Å². The van der Waals surface area contributed by atoms with Gasteiger partial charge in [0.15, 0.2) is 5.82 Å². The average Bonchev–Trinajstić information content (AvgIpc) is 3.17. The van der Waals surface area contributed by atoms with Gasteiger partial charge in [0.25, 0.3) is 0 Å². The summed E-state index contributed by atoms with van der Waals surface area (Å²) in [6, 6.07) is 1.50. The summed E-state index contributed by atoms with van der Waals surface area (Å²) in [6.07, 6.45) is -0.753. The van der Waals surface area contributed by atoms with Crippen LogP contribution in [0.25, 0.3) is 5.82 Å². The molecule has 1 aromatic rings. The number of hydrogen-bond acceptors (Lipinski definition) is 4. The summed E-state index contributed by atoms with van der Waals surface area (Å²) in [4.78, 5) is 15.0. The quantitative estimate of drug-likeness (QED) is 0.822. The minimum absolute atomic E-state index is 0.0520. The van der Waals surface area contributed by atoms with E-state index in [2.05, 4.69) is 10.1 Å². The maximum absolute atomic E-state index is 12.8. The molecule has 1 saturated carbocycles. The first-order valence-electron chi connectivity index (χ1n) is 7.64. The van der Waals surface area contributed by atoms with Crippen LogP contribution in [-0.2, 0) is 4.79 Å². The fraction of sp³-hybridized carbons (Fsp3) is 0.533. The zero-order valence-corrected chi connectivity index (χ0v) is 13.7. The van der Waals surface area contributed by atoms with Gasteiger partial charge in [-0.2, -0.15) is 13.2 Å². The minimum Gasteiger partial charge on any atom is -0.481 e. The van der Waals surface area contributed by atoms with E-state index in [1.807, 2.05) is 0 Å². The van der Waals surface area contributed by atoms with Gasteiger partial charge < -0.3 is 9.84 Å². The number of ether oxygens (including phenoxy) is 1. The van der Waals surface area contributed by atoms with Gasteiger partial charge in [0.1, 0.15) is 11.1 Å². The van der Waals surface area contributed by atoms with Gasteiger partial charge in [-0.1, -0.05) is 11.6 Å². The summed E-state index contributed by atoms with van der Waals surface area (Å²) in [5, 5.41) is 13.0. The Labute approximate surface area is 145 Å². The van der Waals surface area contributed by atoms with E-state index in [1.54, 1.807) is 6.08 Å². The molecule has 0 radical (unpaired) electrons. The number of hydrogen-bond donors (Lipinski definition) is 1. The predicted octanol–water partition coefficient (Wildman–Crippen LogP) is 3.53. The zero-order chi connectivity index (χ0) is 18.2. The average molecular weight is 378 g/mol. The molecule has 1 aliphatic carbocycles. The highest BCUT2D eigenvalue weighted by molar-refractivity contribution is 6.67. The molecule has 0 aromatic carbocycles. The van der Waals surface area contributed by atoms with Gasteiger partial charge >= 0.3 is 12.1 Å². The summed E-state index contributed by atoms with van der Waals surface area (Å²) in [6.45, 7) is -0.0827. The Balaban J connectivity index is 1.58. The Morgan fingerprint density at radius 2 is 2.20 bits per heavy atom. The molecule has 25 heavy (non-hydrogen) atoms. The summed E-state index contributed by atoms with van der Waals surface area (Å²) in [7, 11) is 0. The second kappa shape index (κ2) is 6.36. The van der Waals surface area contributed by atoms with Gasteiger partial charge in [-0.15, -0.1) is 5.10 Å². The molecular weight excluding hydrogens is 363 g/mol. The molecule has 1 aromatic heterocycles. The Kier molecular flexibility index (Phi) is 4.52. The van der Waals surface area contributed by atoms with Crippen LogP contribution < -0.4 is 4.74 Å². The molecule has 1 aliphatic heterocycles. The monoisotopic (exact) mass is 377 g/mol. The molecular formula is C15H15ClF3N3O3. The van der Waals surface area contributed by atoms with Gasteiger partial charge in [-0.3, -0.25) is 4.79 Å². The number of rotatable bonds is 6. The Bertz CT molecular complexity index is 738. The molecule has 0 amide bonds. The summed E-state index contributed by atoms with van der Waals surface area (Å²) < 4.78 is 45.2. The number of aliphatic carboxylic acids is 1. The van der Waals surface area contributed by atoms with Crippen LogP contribution >= 0.6 is 11.6 Å². The standard InChI is InChI=1S/C15H15ClF3N3O3/c16-12-9(13(23)24)1-2-10(20-12)22-7-3-11(21-22)25-8-6-14(4-5-14)15(17,18)19/h2-3,7,9H,1,4-6,8H2,(H,23,24). The van der Waals surface area contributed by atoms with Gasteiger partial charge in [-0.25, -0.2) is 9.67 Å². The highest BCUT2D eigenvalue weighted by Gasteiger charge is 2.62. The molecule has 0 spiro atoms. The third-order valence-corrected chi connectivity index (χ3v) is 4.78. The van der Waals surface area contributed by atoms with Crippen molar-refractivity contribution in [3.05, 3.63) is 18.3 Å². The van der Waals surface area contributed by atoms with Gasteiger partial charge in [0, 0.05) is 12.3 Å². The van der Waals surface area contributed by atoms with E-state index < -0.39 is 23.5 Å². The highest BCUT2D eigenvalue weighted by atomic mass is 35.5. The van der Waals surface area contributed by atoms with Crippen molar-refractivity contribution >= 4 is 28.6 Å². The molecule has 2 aliphatic rings. The summed E-state index contributed by atoms with van der Waals surface area (Å²) in [5.74, 6) is -1.43. The van der Waals surface area contributed by atoms with Crippen molar-refractivity contribution in [2.45, 2.75) is 31.9 Å². The Morgan fingerprint density at radius 1 is 1.48 bits per heavy atom. The smallest absolute Gasteiger partial charge is 0.394 e. The lowest BCUT2D eigenvalue weighted by molar-refractivity contribution is -0.190. The van der Waals surface area contributed by atoms with E-state index in [1.165, 1.54) is 16.9 Å². The van der Waals surface area contributed by atoms with E-state index >= 15 is 0 Å². The summed E-state index contributed by atoms with van der Waals surface area (Å²) in [5.41, 5.74) is -1.61. The number of carbonyl (C=O) groups is 1. The molecule has 1 atom stereocenters. The van der Waals surface area contributed by atoms with Crippen LogP contribution in [0.3, 0.4) is 0 Å². The first-order valence-corrected chi connectivity index (χ1v) is 8.02. The maximum Gasteiger partial charge on any atom is 0.394 e. The molecule has 136 valence electrons. The lowest BCUT2D eigenvalue weighted by Gasteiger charge is -2.18. The van der Waals surface area contributed by atoms with Crippen LogP contribution in [0.15, 0.2) is 23.3 Å². The first kappa shape index (κ1) is 17.8. The van der Waals surface area contributed by atoms with Crippen molar-refractivity contribution in [2.75, 3.05) is 6.61 Å². The topological polar surface area (TPSA) is 76.7 Å². The molecule has 3 rings (SSSR count). The Hall–Kier alpha value is -2.03. The van der Waals surface area contributed by atoms with E-state index in [0.717, 1.165) is 0 Å². The molecule has 1 N–H and O–H groups in total. The SMILES string of the molecule is O=C(O)C1CC=C(n2ccc(OCCC3(C(F)(F)F)CC3)n2)N=C1Cl. The Morgan fingerprint density at radius 3 is 2.76 bits per heavy atom.